The van der Waals surface area contributed by atoms with Crippen molar-refractivity contribution in [3.63, 3.8) is 0 Å². The van der Waals surface area contributed by atoms with Crippen molar-refractivity contribution < 1.29 is 9.90 Å². The van der Waals surface area contributed by atoms with Crippen LogP contribution in [-0.2, 0) is 11.3 Å². The maximum atomic E-state index is 10.3. The minimum Gasteiger partial charge on any atom is -0.480 e. The number of hydrogen-bond donors (Lipinski definition) is 3. The van der Waals surface area contributed by atoms with Gasteiger partial charge in [-0.05, 0) is 6.07 Å². The Kier molecular flexibility index (Phi) is 4.09. The predicted octanol–water partition coefficient (Wildman–Crippen LogP) is -1.12. The van der Waals surface area contributed by atoms with Gasteiger partial charge in [0, 0.05) is 25.5 Å². The van der Waals surface area contributed by atoms with Crippen LogP contribution in [0.25, 0.3) is 0 Å². The Morgan fingerprint density at radius 1 is 1.71 bits per heavy atom. The van der Waals surface area contributed by atoms with E-state index in [1.54, 1.807) is 10.9 Å². The highest BCUT2D eigenvalue weighted by Gasteiger charge is 2.09. The zero-order valence-corrected chi connectivity index (χ0v) is 7.76. The van der Waals surface area contributed by atoms with Crippen molar-refractivity contribution in [2.45, 2.75) is 12.6 Å². The van der Waals surface area contributed by atoms with Gasteiger partial charge < -0.3 is 16.2 Å². The molecule has 6 nitrogen and oxygen atoms in total. The van der Waals surface area contributed by atoms with Crippen LogP contribution >= 0.6 is 0 Å². The van der Waals surface area contributed by atoms with Crippen LogP contribution in [0.2, 0.25) is 0 Å². The molecular weight excluding hydrogens is 184 g/mol. The average Bonchev–Trinajstić information content (AvgIpc) is 2.64. The first-order valence-corrected chi connectivity index (χ1v) is 4.36. The number of hydrogen-bond acceptors (Lipinski definition) is 4. The largest absolute Gasteiger partial charge is 0.480 e. The summed E-state index contributed by atoms with van der Waals surface area (Å²) in [7, 11) is 0. The molecule has 14 heavy (non-hydrogen) atoms. The number of nitrogens with zero attached hydrogens (tertiary/aromatic N) is 2. The van der Waals surface area contributed by atoms with Gasteiger partial charge in [0.1, 0.15) is 6.04 Å². The highest BCUT2D eigenvalue weighted by molar-refractivity contribution is 5.73. The minimum absolute atomic E-state index is 0.274. The number of nitrogens with one attached hydrogen (secondary N) is 1. The standard InChI is InChI=1S/C8H14N4O2/c9-7(8(13)14)6-10-3-5-12-4-1-2-11-12/h1-2,4,7,10H,3,5-6,9H2,(H,13,14). The maximum Gasteiger partial charge on any atom is 0.321 e. The summed E-state index contributed by atoms with van der Waals surface area (Å²) in [5.74, 6) is -0.989. The lowest BCUT2D eigenvalue weighted by Crippen LogP contribution is -2.41. The van der Waals surface area contributed by atoms with Crippen LogP contribution < -0.4 is 11.1 Å². The molecule has 1 heterocycles. The number of carbonyl (C=O) groups is 1. The Morgan fingerprint density at radius 3 is 3.07 bits per heavy atom. The van der Waals surface area contributed by atoms with Gasteiger partial charge in [0.05, 0.1) is 6.54 Å². The molecule has 0 fully saturated rings. The van der Waals surface area contributed by atoms with Gasteiger partial charge in [0.2, 0.25) is 0 Å². The molecule has 1 unspecified atom stereocenters. The van der Waals surface area contributed by atoms with Gasteiger partial charge in [-0.25, -0.2) is 0 Å². The Labute approximate surface area is 81.7 Å². The minimum atomic E-state index is -0.989. The van der Waals surface area contributed by atoms with Gasteiger partial charge in [-0.3, -0.25) is 9.48 Å². The summed E-state index contributed by atoms with van der Waals surface area (Å²) in [6.45, 7) is 1.64. The van der Waals surface area contributed by atoms with Gasteiger partial charge in [-0.1, -0.05) is 0 Å². The SMILES string of the molecule is NC(CNCCn1cccn1)C(=O)O. The number of nitrogens with two attached hydrogens (primary N) is 1. The molecule has 0 saturated heterocycles. The van der Waals surface area contributed by atoms with Crippen molar-refractivity contribution in [3.05, 3.63) is 18.5 Å². The lowest BCUT2D eigenvalue weighted by Gasteiger charge is -2.07. The summed E-state index contributed by atoms with van der Waals surface area (Å²) in [6, 6.07) is 0.996. The van der Waals surface area contributed by atoms with Crippen LogP contribution in [0.5, 0.6) is 0 Å². The van der Waals surface area contributed by atoms with E-state index in [1.807, 2.05) is 12.3 Å². The summed E-state index contributed by atoms with van der Waals surface area (Å²) in [5.41, 5.74) is 5.29. The fourth-order valence-electron chi connectivity index (χ4n) is 0.971. The number of carboxylic acids is 1. The fourth-order valence-corrected chi connectivity index (χ4v) is 0.971. The van der Waals surface area contributed by atoms with Gasteiger partial charge in [0.25, 0.3) is 0 Å². The number of aliphatic carboxylic acids is 1. The normalized spacial score (nSPS) is 12.6. The van der Waals surface area contributed by atoms with Crippen molar-refractivity contribution in [2.24, 2.45) is 5.73 Å². The van der Waals surface area contributed by atoms with Crippen LogP contribution in [0, 0.1) is 0 Å². The molecule has 0 amide bonds. The Bertz CT molecular complexity index is 273. The zero-order valence-electron chi connectivity index (χ0n) is 7.76. The molecule has 0 aliphatic heterocycles. The smallest absolute Gasteiger partial charge is 0.321 e. The average molecular weight is 198 g/mol. The second-order valence-electron chi connectivity index (χ2n) is 2.92. The third-order valence-corrected chi connectivity index (χ3v) is 1.76. The molecule has 0 aliphatic carbocycles. The van der Waals surface area contributed by atoms with E-state index in [1.165, 1.54) is 0 Å². The first kappa shape index (κ1) is 10.7. The molecular formula is C8H14N4O2. The van der Waals surface area contributed by atoms with Gasteiger partial charge >= 0.3 is 5.97 Å². The van der Waals surface area contributed by atoms with E-state index in [0.29, 0.717) is 13.1 Å². The molecule has 1 atom stereocenters. The van der Waals surface area contributed by atoms with Gasteiger partial charge in [-0.15, -0.1) is 0 Å². The zero-order chi connectivity index (χ0) is 10.4. The summed E-state index contributed by atoms with van der Waals surface area (Å²) in [5, 5.41) is 15.4. The Balaban J connectivity index is 2.08. The highest BCUT2D eigenvalue weighted by atomic mass is 16.4. The molecule has 0 aromatic carbocycles. The van der Waals surface area contributed by atoms with E-state index in [2.05, 4.69) is 10.4 Å². The van der Waals surface area contributed by atoms with E-state index in [0.717, 1.165) is 0 Å². The third-order valence-electron chi connectivity index (χ3n) is 1.76. The summed E-state index contributed by atoms with van der Waals surface area (Å²) in [6.07, 6.45) is 3.54. The predicted molar refractivity (Wildman–Crippen MR) is 50.7 cm³/mol. The molecule has 0 spiro atoms. The van der Waals surface area contributed by atoms with E-state index in [-0.39, 0.29) is 6.54 Å². The molecule has 1 aromatic heterocycles. The van der Waals surface area contributed by atoms with Crippen LogP contribution in [0.4, 0.5) is 0 Å². The monoisotopic (exact) mass is 198 g/mol. The molecule has 1 rings (SSSR count). The molecule has 1 aromatic rings. The van der Waals surface area contributed by atoms with Gasteiger partial charge in [-0.2, -0.15) is 5.10 Å². The van der Waals surface area contributed by atoms with E-state index < -0.39 is 12.0 Å². The Hall–Kier alpha value is -1.40. The number of carboxylic acid groups (broad SMARTS) is 1. The van der Waals surface area contributed by atoms with Crippen LogP contribution in [0.1, 0.15) is 0 Å². The quantitative estimate of drug-likeness (QED) is 0.504. The molecule has 0 saturated carbocycles. The summed E-state index contributed by atoms with van der Waals surface area (Å²) < 4.78 is 1.76. The van der Waals surface area contributed by atoms with Crippen LogP contribution in [0.3, 0.4) is 0 Å². The van der Waals surface area contributed by atoms with E-state index in [4.69, 9.17) is 10.8 Å². The van der Waals surface area contributed by atoms with Crippen molar-refractivity contribution in [3.8, 4) is 0 Å². The molecule has 4 N–H and O–H groups in total. The van der Waals surface area contributed by atoms with Crippen LogP contribution in [-0.4, -0.2) is 40.0 Å². The first-order chi connectivity index (χ1) is 6.70. The summed E-state index contributed by atoms with van der Waals surface area (Å²) >= 11 is 0. The molecule has 0 aliphatic rings. The number of rotatable bonds is 6. The fraction of sp³-hybridized carbons (Fsp3) is 0.500. The molecule has 78 valence electrons. The van der Waals surface area contributed by atoms with Gasteiger partial charge in [0.15, 0.2) is 0 Å². The topological polar surface area (TPSA) is 93.2 Å². The maximum absolute atomic E-state index is 10.3. The first-order valence-electron chi connectivity index (χ1n) is 4.36. The van der Waals surface area contributed by atoms with Crippen molar-refractivity contribution in [2.75, 3.05) is 13.1 Å². The molecule has 0 bridgehead atoms. The Morgan fingerprint density at radius 2 is 2.50 bits per heavy atom. The third kappa shape index (κ3) is 3.55. The van der Waals surface area contributed by atoms with E-state index in [9.17, 15) is 4.79 Å². The number of aromatic nitrogens is 2. The van der Waals surface area contributed by atoms with Crippen molar-refractivity contribution in [1.29, 1.82) is 0 Å². The second kappa shape index (κ2) is 5.36. The van der Waals surface area contributed by atoms with E-state index >= 15 is 0 Å². The molecule has 6 heteroatoms. The van der Waals surface area contributed by atoms with Crippen LogP contribution in [0.15, 0.2) is 18.5 Å². The second-order valence-corrected chi connectivity index (χ2v) is 2.92. The lowest BCUT2D eigenvalue weighted by molar-refractivity contribution is -0.138. The summed E-state index contributed by atoms with van der Waals surface area (Å²) in [4.78, 5) is 10.3. The van der Waals surface area contributed by atoms with Crippen molar-refractivity contribution >= 4 is 5.97 Å². The highest BCUT2D eigenvalue weighted by Crippen LogP contribution is 1.82. The lowest BCUT2D eigenvalue weighted by atomic mass is 10.3. The molecule has 0 radical (unpaired) electrons. The van der Waals surface area contributed by atoms with Crippen molar-refractivity contribution in [1.82, 2.24) is 15.1 Å².